The Morgan fingerprint density at radius 1 is 1.09 bits per heavy atom. The zero-order chi connectivity index (χ0) is 23.5. The van der Waals surface area contributed by atoms with Gasteiger partial charge in [-0.2, -0.15) is 0 Å². The Morgan fingerprint density at radius 2 is 1.70 bits per heavy atom. The summed E-state index contributed by atoms with van der Waals surface area (Å²) in [6.45, 7) is 2.05. The van der Waals surface area contributed by atoms with Crippen LogP contribution in [0.2, 0.25) is 0 Å². The summed E-state index contributed by atoms with van der Waals surface area (Å²) in [7, 11) is -2.46. The van der Waals surface area contributed by atoms with Crippen molar-refractivity contribution in [3.63, 3.8) is 0 Å². The second-order valence-corrected chi connectivity index (χ2v) is 9.81. The first-order valence-corrected chi connectivity index (χ1v) is 12.3. The zero-order valence-electron chi connectivity index (χ0n) is 18.3. The molecular weight excluding hydrogens is 451 g/mol. The van der Waals surface area contributed by atoms with E-state index in [0.29, 0.717) is 50.5 Å². The van der Waals surface area contributed by atoms with Gasteiger partial charge in [-0.25, -0.2) is 17.5 Å². The van der Waals surface area contributed by atoms with Crippen molar-refractivity contribution >= 4 is 15.9 Å². The number of benzene rings is 2. The number of halogens is 1. The summed E-state index contributed by atoms with van der Waals surface area (Å²) in [4.78, 5) is 14.7. The van der Waals surface area contributed by atoms with E-state index < -0.39 is 27.7 Å². The molecule has 2 aliphatic rings. The quantitative estimate of drug-likeness (QED) is 0.658. The fourth-order valence-corrected chi connectivity index (χ4v) is 5.34. The van der Waals surface area contributed by atoms with Gasteiger partial charge >= 0.3 is 0 Å². The number of methoxy groups -OCH3 is 1. The molecule has 2 aromatic carbocycles. The topological polar surface area (TPSA) is 94.2 Å². The molecule has 0 radical (unpaired) electrons. The first-order valence-electron chi connectivity index (χ1n) is 10.8. The molecule has 33 heavy (non-hydrogen) atoms. The van der Waals surface area contributed by atoms with Crippen LogP contribution in [0, 0.1) is 5.82 Å². The van der Waals surface area contributed by atoms with Crippen LogP contribution >= 0.6 is 0 Å². The Balaban J connectivity index is 1.51. The molecule has 2 aromatic rings. The molecule has 0 unspecified atom stereocenters. The Hall–Kier alpha value is -2.53. The lowest BCUT2D eigenvalue weighted by molar-refractivity contribution is -0.187. The van der Waals surface area contributed by atoms with Crippen LogP contribution in [-0.2, 0) is 24.3 Å². The van der Waals surface area contributed by atoms with Gasteiger partial charge in [0, 0.05) is 32.4 Å². The molecule has 2 heterocycles. The van der Waals surface area contributed by atoms with E-state index >= 15 is 0 Å². The molecule has 2 saturated heterocycles. The van der Waals surface area contributed by atoms with Gasteiger partial charge in [0.15, 0.2) is 5.79 Å². The molecule has 178 valence electrons. The van der Waals surface area contributed by atoms with Crippen LogP contribution in [0.15, 0.2) is 53.4 Å². The number of sulfonamides is 1. The van der Waals surface area contributed by atoms with Crippen molar-refractivity contribution < 1.29 is 31.8 Å². The van der Waals surface area contributed by atoms with Crippen LogP contribution in [0.25, 0.3) is 0 Å². The first kappa shape index (κ1) is 23.6. The molecule has 0 saturated carbocycles. The van der Waals surface area contributed by atoms with E-state index in [9.17, 15) is 17.6 Å². The smallest absolute Gasteiger partial charge is 0.241 e. The van der Waals surface area contributed by atoms with E-state index in [1.54, 1.807) is 29.2 Å². The Bertz CT molecular complexity index is 1060. The summed E-state index contributed by atoms with van der Waals surface area (Å²) in [5.41, 5.74) is 0.616. The van der Waals surface area contributed by atoms with Crippen LogP contribution in [0.4, 0.5) is 4.39 Å². The fraction of sp³-hybridized carbons (Fsp3) is 0.435. The molecule has 4 rings (SSSR count). The van der Waals surface area contributed by atoms with E-state index in [1.807, 2.05) is 0 Å². The number of rotatable bonds is 7. The summed E-state index contributed by atoms with van der Waals surface area (Å²) in [5, 5.41) is 0. The molecule has 1 amide bonds. The van der Waals surface area contributed by atoms with Crippen molar-refractivity contribution in [2.45, 2.75) is 36.0 Å². The van der Waals surface area contributed by atoms with E-state index in [0.717, 1.165) is 12.1 Å². The molecule has 2 fully saturated rings. The van der Waals surface area contributed by atoms with Crippen LogP contribution in [0.5, 0.6) is 5.75 Å². The standard InChI is InChI=1S/C23H27FN2O6S/c1-30-19-6-2-17(3-7-19)21(25-33(28,29)20-8-4-18(24)5-9-20)16-22(27)26-12-10-23(11-13-26)31-14-15-32-23/h2-9,21,25H,10-16H2,1H3/t21-/m1/s1. The van der Waals surface area contributed by atoms with Crippen molar-refractivity contribution in [3.05, 3.63) is 59.9 Å². The van der Waals surface area contributed by atoms with E-state index in [2.05, 4.69) is 4.72 Å². The lowest BCUT2D eigenvalue weighted by atomic mass is 10.0. The van der Waals surface area contributed by atoms with E-state index in [-0.39, 0.29) is 17.2 Å². The number of likely N-dealkylation sites (tertiary alicyclic amines) is 1. The molecule has 0 bridgehead atoms. The highest BCUT2D eigenvalue weighted by molar-refractivity contribution is 7.89. The van der Waals surface area contributed by atoms with Gasteiger partial charge < -0.3 is 19.1 Å². The molecule has 0 aromatic heterocycles. The highest BCUT2D eigenvalue weighted by atomic mass is 32.2. The summed E-state index contributed by atoms with van der Waals surface area (Å²) >= 11 is 0. The van der Waals surface area contributed by atoms with Crippen LogP contribution < -0.4 is 9.46 Å². The van der Waals surface area contributed by atoms with Gasteiger partial charge in [-0.3, -0.25) is 4.79 Å². The molecular formula is C23H27FN2O6S. The molecule has 0 aliphatic carbocycles. The molecule has 8 nitrogen and oxygen atoms in total. The third-order valence-corrected chi connectivity index (χ3v) is 7.50. The highest BCUT2D eigenvalue weighted by Gasteiger charge is 2.41. The number of piperidine rings is 1. The number of carbonyl (C=O) groups excluding carboxylic acids is 1. The van der Waals surface area contributed by atoms with Crippen molar-refractivity contribution in [2.75, 3.05) is 33.4 Å². The van der Waals surface area contributed by atoms with E-state index in [4.69, 9.17) is 14.2 Å². The summed E-state index contributed by atoms with van der Waals surface area (Å²) in [6, 6.07) is 10.6. The van der Waals surface area contributed by atoms with Crippen molar-refractivity contribution in [2.24, 2.45) is 0 Å². The highest BCUT2D eigenvalue weighted by Crippen LogP contribution is 2.32. The van der Waals surface area contributed by atoms with E-state index in [1.165, 1.54) is 19.2 Å². The maximum atomic E-state index is 13.3. The second-order valence-electron chi connectivity index (χ2n) is 8.09. The fourth-order valence-electron chi connectivity index (χ4n) is 4.12. The van der Waals surface area contributed by atoms with Gasteiger partial charge in [0.05, 0.1) is 31.3 Å². The summed E-state index contributed by atoms with van der Waals surface area (Å²) in [5.74, 6) is -0.696. The van der Waals surface area contributed by atoms with Gasteiger partial charge in [-0.15, -0.1) is 0 Å². The van der Waals surface area contributed by atoms with Gasteiger partial charge in [-0.05, 0) is 42.0 Å². The molecule has 2 aliphatic heterocycles. The Morgan fingerprint density at radius 3 is 2.27 bits per heavy atom. The van der Waals surface area contributed by atoms with Gasteiger partial charge in [0.2, 0.25) is 15.9 Å². The maximum absolute atomic E-state index is 13.3. The second kappa shape index (κ2) is 9.76. The van der Waals surface area contributed by atoms with Crippen LogP contribution in [-0.4, -0.2) is 58.4 Å². The molecule has 1 spiro atoms. The number of nitrogens with zero attached hydrogens (tertiary/aromatic N) is 1. The maximum Gasteiger partial charge on any atom is 0.241 e. The average Bonchev–Trinajstić information content (AvgIpc) is 3.27. The molecule has 1 N–H and O–H groups in total. The monoisotopic (exact) mass is 478 g/mol. The Labute approximate surface area is 192 Å². The normalized spacial score (nSPS) is 18.9. The van der Waals surface area contributed by atoms with Gasteiger partial charge in [0.25, 0.3) is 0 Å². The minimum atomic E-state index is -3.99. The minimum Gasteiger partial charge on any atom is -0.497 e. The lowest BCUT2D eigenvalue weighted by Crippen LogP contribution is -2.48. The van der Waals surface area contributed by atoms with Crippen molar-refractivity contribution in [1.82, 2.24) is 9.62 Å². The lowest BCUT2D eigenvalue weighted by Gasteiger charge is -2.38. The number of hydrogen-bond donors (Lipinski definition) is 1. The zero-order valence-corrected chi connectivity index (χ0v) is 19.1. The number of hydrogen-bond acceptors (Lipinski definition) is 6. The number of nitrogens with one attached hydrogen (secondary N) is 1. The molecule has 1 atom stereocenters. The number of amides is 1. The SMILES string of the molecule is COc1ccc([C@@H](CC(=O)N2CCC3(CC2)OCCO3)NS(=O)(=O)c2ccc(F)cc2)cc1. The third-order valence-electron chi connectivity index (χ3n) is 6.01. The minimum absolute atomic E-state index is 0.0680. The van der Waals surface area contributed by atoms with Crippen LogP contribution in [0.3, 0.4) is 0 Å². The third kappa shape index (κ3) is 5.52. The van der Waals surface area contributed by atoms with Crippen molar-refractivity contribution in [3.8, 4) is 5.75 Å². The van der Waals surface area contributed by atoms with Gasteiger partial charge in [-0.1, -0.05) is 12.1 Å². The predicted molar refractivity (Wildman–Crippen MR) is 118 cm³/mol. The molecule has 10 heteroatoms. The largest absolute Gasteiger partial charge is 0.497 e. The van der Waals surface area contributed by atoms with Gasteiger partial charge in [0.1, 0.15) is 11.6 Å². The number of ether oxygens (including phenoxy) is 3. The first-order chi connectivity index (χ1) is 15.8. The Kier molecular flexibility index (Phi) is 6.99. The summed E-state index contributed by atoms with van der Waals surface area (Å²) in [6.07, 6.45) is 1.09. The average molecular weight is 479 g/mol. The van der Waals surface area contributed by atoms with Crippen molar-refractivity contribution in [1.29, 1.82) is 0 Å². The predicted octanol–water partition coefficient (Wildman–Crippen LogP) is 2.61. The number of carbonyl (C=O) groups is 1. The van der Waals surface area contributed by atoms with Crippen LogP contribution in [0.1, 0.15) is 30.9 Å². The summed E-state index contributed by atoms with van der Waals surface area (Å²) < 4.78 is 58.4.